The van der Waals surface area contributed by atoms with Crippen LogP contribution in [0.15, 0.2) is 24.4 Å². The third-order valence-corrected chi connectivity index (χ3v) is 3.49. The first-order chi connectivity index (χ1) is 10.6. The van der Waals surface area contributed by atoms with Crippen LogP contribution in [-0.4, -0.2) is 42.3 Å². The molecule has 0 unspecified atom stereocenters. The van der Waals surface area contributed by atoms with Gasteiger partial charge in [0, 0.05) is 18.4 Å². The summed E-state index contributed by atoms with van der Waals surface area (Å²) < 4.78 is 3.38. The Hall–Kier alpha value is -2.77. The highest BCUT2D eigenvalue weighted by Gasteiger charge is 2.15. The number of nitrogens with one attached hydrogen (secondary N) is 1. The normalized spacial score (nSPS) is 12.5. The summed E-state index contributed by atoms with van der Waals surface area (Å²) in [6, 6.07) is 5.52. The maximum atomic E-state index is 12.3. The molecule has 0 aromatic carbocycles. The van der Waals surface area contributed by atoms with Gasteiger partial charge in [-0.3, -0.25) is 9.48 Å². The summed E-state index contributed by atoms with van der Waals surface area (Å²) in [5, 5.41) is 18.6. The monoisotopic (exact) mass is 299 g/mol. The summed E-state index contributed by atoms with van der Waals surface area (Å²) in [7, 11) is 0. The summed E-state index contributed by atoms with van der Waals surface area (Å²) >= 11 is 0. The average Bonchev–Trinajstić information content (AvgIpc) is 3.10. The van der Waals surface area contributed by atoms with Crippen molar-refractivity contribution in [1.82, 2.24) is 35.1 Å². The highest BCUT2D eigenvalue weighted by molar-refractivity contribution is 5.99. The van der Waals surface area contributed by atoms with Gasteiger partial charge in [-0.1, -0.05) is 0 Å². The molecule has 1 amide bonds. The molecule has 3 rings (SSSR count). The predicted molar refractivity (Wildman–Crippen MR) is 79.5 cm³/mol. The first-order valence-corrected chi connectivity index (χ1v) is 7.04. The van der Waals surface area contributed by atoms with Crippen molar-refractivity contribution in [2.24, 2.45) is 0 Å². The number of amides is 1. The Balaban J connectivity index is 1.72. The third-order valence-electron chi connectivity index (χ3n) is 3.49. The van der Waals surface area contributed by atoms with Crippen molar-refractivity contribution in [3.8, 4) is 0 Å². The number of tetrazole rings is 1. The van der Waals surface area contributed by atoms with E-state index in [2.05, 4.69) is 25.9 Å². The van der Waals surface area contributed by atoms with Crippen LogP contribution >= 0.6 is 0 Å². The van der Waals surface area contributed by atoms with Gasteiger partial charge in [-0.05, 0) is 49.4 Å². The molecule has 0 saturated heterocycles. The zero-order valence-electron chi connectivity index (χ0n) is 12.7. The van der Waals surface area contributed by atoms with Gasteiger partial charge in [0.05, 0.1) is 17.3 Å². The fourth-order valence-corrected chi connectivity index (χ4v) is 2.46. The standard InChI is InChI=1S/C14H17N7O/c1-9-7-10(2)21(17-9)11(3)8-15-14(22)12-5-4-6-20-13(12)16-18-19-20/h4-7,11H,8H2,1-3H3,(H,15,22)/t11-/m1/s1. The van der Waals surface area contributed by atoms with Crippen molar-refractivity contribution in [3.05, 3.63) is 41.3 Å². The molecule has 0 aliphatic rings. The molecule has 0 spiro atoms. The SMILES string of the molecule is Cc1cc(C)n([C@H](C)CNC(=O)c2cccn3nnnc23)n1. The van der Waals surface area contributed by atoms with E-state index >= 15 is 0 Å². The number of carbonyl (C=O) groups excluding carboxylic acids is 1. The molecule has 3 aromatic heterocycles. The molecule has 0 aliphatic heterocycles. The smallest absolute Gasteiger partial charge is 0.255 e. The Labute approximate surface area is 127 Å². The molecular formula is C14H17N7O. The van der Waals surface area contributed by atoms with Crippen LogP contribution in [0.4, 0.5) is 0 Å². The molecule has 0 saturated carbocycles. The quantitative estimate of drug-likeness (QED) is 0.774. The van der Waals surface area contributed by atoms with Gasteiger partial charge in [0.2, 0.25) is 0 Å². The number of rotatable bonds is 4. The minimum atomic E-state index is -0.200. The van der Waals surface area contributed by atoms with E-state index < -0.39 is 0 Å². The zero-order valence-corrected chi connectivity index (χ0v) is 12.7. The Bertz CT molecular complexity index is 820. The van der Waals surface area contributed by atoms with Gasteiger partial charge in [0.15, 0.2) is 5.65 Å². The van der Waals surface area contributed by atoms with Gasteiger partial charge < -0.3 is 5.32 Å². The summed E-state index contributed by atoms with van der Waals surface area (Å²) in [4.78, 5) is 12.3. The fourth-order valence-electron chi connectivity index (χ4n) is 2.46. The van der Waals surface area contributed by atoms with E-state index in [9.17, 15) is 4.79 Å². The number of aryl methyl sites for hydroxylation is 2. The Kier molecular flexibility index (Phi) is 3.58. The molecule has 8 heteroatoms. The lowest BCUT2D eigenvalue weighted by molar-refractivity contribution is 0.0949. The highest BCUT2D eigenvalue weighted by atomic mass is 16.1. The maximum Gasteiger partial charge on any atom is 0.255 e. The number of fused-ring (bicyclic) bond motifs is 1. The number of aromatic nitrogens is 6. The van der Waals surface area contributed by atoms with E-state index in [0.29, 0.717) is 17.8 Å². The largest absolute Gasteiger partial charge is 0.350 e. The van der Waals surface area contributed by atoms with Crippen molar-refractivity contribution in [1.29, 1.82) is 0 Å². The second-order valence-electron chi connectivity index (χ2n) is 5.30. The number of carbonyl (C=O) groups is 1. The minimum absolute atomic E-state index is 0.0633. The molecule has 0 radical (unpaired) electrons. The van der Waals surface area contributed by atoms with Crippen molar-refractivity contribution in [2.75, 3.05) is 6.54 Å². The van der Waals surface area contributed by atoms with Crippen LogP contribution < -0.4 is 5.32 Å². The molecule has 22 heavy (non-hydrogen) atoms. The molecule has 8 nitrogen and oxygen atoms in total. The fraction of sp³-hybridized carbons (Fsp3) is 0.357. The van der Waals surface area contributed by atoms with Gasteiger partial charge in [0.25, 0.3) is 5.91 Å². The van der Waals surface area contributed by atoms with Crippen molar-refractivity contribution in [2.45, 2.75) is 26.8 Å². The molecule has 1 N–H and O–H groups in total. The molecule has 3 aromatic rings. The van der Waals surface area contributed by atoms with Crippen LogP contribution in [0.25, 0.3) is 5.65 Å². The Morgan fingerprint density at radius 2 is 2.23 bits per heavy atom. The van der Waals surface area contributed by atoms with Gasteiger partial charge in [-0.25, -0.2) is 0 Å². The summed E-state index contributed by atoms with van der Waals surface area (Å²) in [5.41, 5.74) is 2.94. The number of nitrogens with zero attached hydrogens (tertiary/aromatic N) is 6. The van der Waals surface area contributed by atoms with Crippen LogP contribution in [0.5, 0.6) is 0 Å². The first-order valence-electron chi connectivity index (χ1n) is 7.04. The average molecular weight is 299 g/mol. The molecule has 0 bridgehead atoms. The molecule has 0 fully saturated rings. The first kappa shape index (κ1) is 14.2. The molecular weight excluding hydrogens is 282 g/mol. The minimum Gasteiger partial charge on any atom is -0.350 e. The van der Waals surface area contributed by atoms with Gasteiger partial charge in [0.1, 0.15) is 0 Å². The van der Waals surface area contributed by atoms with Crippen molar-refractivity contribution >= 4 is 11.6 Å². The summed E-state index contributed by atoms with van der Waals surface area (Å²) in [5.74, 6) is -0.200. The van der Waals surface area contributed by atoms with Gasteiger partial charge >= 0.3 is 0 Å². The maximum absolute atomic E-state index is 12.3. The molecule has 3 heterocycles. The van der Waals surface area contributed by atoms with E-state index in [1.165, 1.54) is 4.52 Å². The van der Waals surface area contributed by atoms with Crippen molar-refractivity contribution < 1.29 is 4.79 Å². The number of hydrogen-bond acceptors (Lipinski definition) is 5. The lowest BCUT2D eigenvalue weighted by Gasteiger charge is -2.15. The van der Waals surface area contributed by atoms with Crippen LogP contribution in [0.2, 0.25) is 0 Å². The second-order valence-corrected chi connectivity index (χ2v) is 5.30. The third kappa shape index (κ3) is 2.54. The van der Waals surface area contributed by atoms with E-state index in [-0.39, 0.29) is 11.9 Å². The number of pyridine rings is 1. The molecule has 0 aliphatic carbocycles. The predicted octanol–water partition coefficient (Wildman–Crippen LogP) is 0.929. The number of hydrogen-bond donors (Lipinski definition) is 1. The van der Waals surface area contributed by atoms with E-state index in [1.807, 2.05) is 31.5 Å². The zero-order chi connectivity index (χ0) is 15.7. The molecule has 1 atom stereocenters. The van der Waals surface area contributed by atoms with Crippen molar-refractivity contribution in [3.63, 3.8) is 0 Å². The lowest BCUT2D eigenvalue weighted by Crippen LogP contribution is -2.30. The van der Waals surface area contributed by atoms with Crippen LogP contribution in [0.1, 0.15) is 34.7 Å². The summed E-state index contributed by atoms with van der Waals surface area (Å²) in [6.07, 6.45) is 1.70. The summed E-state index contributed by atoms with van der Waals surface area (Å²) in [6.45, 7) is 6.44. The van der Waals surface area contributed by atoms with E-state index in [4.69, 9.17) is 0 Å². The van der Waals surface area contributed by atoms with Gasteiger partial charge in [-0.2, -0.15) is 9.61 Å². The van der Waals surface area contributed by atoms with Gasteiger partial charge in [-0.15, -0.1) is 5.10 Å². The van der Waals surface area contributed by atoms with E-state index in [0.717, 1.165) is 11.4 Å². The van der Waals surface area contributed by atoms with Crippen LogP contribution in [0.3, 0.4) is 0 Å². The van der Waals surface area contributed by atoms with E-state index in [1.54, 1.807) is 18.3 Å². The van der Waals surface area contributed by atoms with Crippen LogP contribution in [-0.2, 0) is 0 Å². The lowest BCUT2D eigenvalue weighted by atomic mass is 10.2. The topological polar surface area (TPSA) is 90.0 Å². The second kappa shape index (κ2) is 5.55. The molecule has 114 valence electrons. The highest BCUT2D eigenvalue weighted by Crippen LogP contribution is 2.11. The Morgan fingerprint density at radius 1 is 1.41 bits per heavy atom. The Morgan fingerprint density at radius 3 is 2.95 bits per heavy atom. The van der Waals surface area contributed by atoms with Crippen LogP contribution in [0, 0.1) is 13.8 Å².